The fraction of sp³-hybridized carbons (Fsp3) is 0.429. The smallest absolute Gasteiger partial charge is 0.327 e. The van der Waals surface area contributed by atoms with Gasteiger partial charge in [-0.1, -0.05) is 0 Å². The number of anilines is 2. The predicted molar refractivity (Wildman–Crippen MR) is 49.3 cm³/mol. The van der Waals surface area contributed by atoms with Crippen LogP contribution in [0.15, 0.2) is 9.59 Å². The standard InChI is InChI=1S/C7H10N4O2/c1-3-2-8-4-5(9-3)10-7(13)11-6(4)12/h3,8H,2H2,1H3,(H3,9,10,11,12,13). The molecule has 0 radical (unpaired) electrons. The Labute approximate surface area is 73.4 Å². The van der Waals surface area contributed by atoms with E-state index < -0.39 is 11.2 Å². The van der Waals surface area contributed by atoms with Crippen molar-refractivity contribution in [2.75, 3.05) is 17.2 Å². The van der Waals surface area contributed by atoms with Crippen LogP contribution in [-0.4, -0.2) is 22.6 Å². The molecule has 0 bridgehead atoms. The van der Waals surface area contributed by atoms with Crippen LogP contribution in [0.2, 0.25) is 0 Å². The molecule has 1 aliphatic heterocycles. The topological polar surface area (TPSA) is 89.8 Å². The molecule has 1 aromatic heterocycles. The van der Waals surface area contributed by atoms with Gasteiger partial charge in [0.25, 0.3) is 5.56 Å². The number of H-pyrrole nitrogens is 2. The van der Waals surface area contributed by atoms with Gasteiger partial charge in [-0.3, -0.25) is 14.8 Å². The fourth-order valence-corrected chi connectivity index (χ4v) is 1.32. The molecule has 0 aromatic carbocycles. The number of hydrogen-bond acceptors (Lipinski definition) is 4. The molecule has 1 aromatic rings. The van der Waals surface area contributed by atoms with Gasteiger partial charge in [-0.2, -0.15) is 0 Å². The highest BCUT2D eigenvalue weighted by molar-refractivity contribution is 5.65. The van der Waals surface area contributed by atoms with E-state index >= 15 is 0 Å². The monoisotopic (exact) mass is 182 g/mol. The fourth-order valence-electron chi connectivity index (χ4n) is 1.32. The van der Waals surface area contributed by atoms with Crippen molar-refractivity contribution in [1.82, 2.24) is 9.97 Å². The van der Waals surface area contributed by atoms with Gasteiger partial charge in [0.05, 0.1) is 0 Å². The Morgan fingerprint density at radius 2 is 2.08 bits per heavy atom. The van der Waals surface area contributed by atoms with E-state index in [1.807, 2.05) is 6.92 Å². The molecule has 6 heteroatoms. The number of fused-ring (bicyclic) bond motifs is 1. The molecule has 0 saturated carbocycles. The second-order valence-corrected chi connectivity index (χ2v) is 3.08. The maximum Gasteiger partial charge on any atom is 0.327 e. The third-order valence-corrected chi connectivity index (χ3v) is 1.92. The number of rotatable bonds is 0. The second kappa shape index (κ2) is 2.65. The van der Waals surface area contributed by atoms with E-state index in [1.165, 1.54) is 0 Å². The highest BCUT2D eigenvalue weighted by Gasteiger charge is 2.16. The number of aromatic amines is 2. The van der Waals surface area contributed by atoms with Crippen molar-refractivity contribution >= 4 is 11.5 Å². The molecule has 0 saturated heterocycles. The van der Waals surface area contributed by atoms with Crippen molar-refractivity contribution in [3.05, 3.63) is 20.8 Å². The largest absolute Gasteiger partial charge is 0.376 e. The lowest BCUT2D eigenvalue weighted by atomic mass is 10.2. The number of aromatic nitrogens is 2. The molecule has 70 valence electrons. The Kier molecular flexibility index (Phi) is 1.61. The van der Waals surface area contributed by atoms with Crippen LogP contribution in [0.1, 0.15) is 6.92 Å². The lowest BCUT2D eigenvalue weighted by Gasteiger charge is -2.23. The van der Waals surface area contributed by atoms with Gasteiger partial charge in [0.15, 0.2) is 0 Å². The zero-order valence-corrected chi connectivity index (χ0v) is 7.10. The third-order valence-electron chi connectivity index (χ3n) is 1.92. The van der Waals surface area contributed by atoms with Crippen LogP contribution < -0.4 is 21.9 Å². The van der Waals surface area contributed by atoms with E-state index in [0.29, 0.717) is 18.1 Å². The SMILES string of the molecule is CC1CNc2c([nH]c(=O)[nH]c2=O)N1. The molecule has 0 aliphatic carbocycles. The number of nitrogens with one attached hydrogen (secondary N) is 4. The van der Waals surface area contributed by atoms with E-state index in [-0.39, 0.29) is 6.04 Å². The minimum Gasteiger partial charge on any atom is -0.376 e. The molecule has 6 nitrogen and oxygen atoms in total. The molecule has 0 fully saturated rings. The first-order valence-electron chi connectivity index (χ1n) is 4.04. The average Bonchev–Trinajstić information content (AvgIpc) is 2.02. The molecule has 2 heterocycles. The summed E-state index contributed by atoms with van der Waals surface area (Å²) < 4.78 is 0. The van der Waals surface area contributed by atoms with Crippen LogP contribution in [0.4, 0.5) is 11.5 Å². The highest BCUT2D eigenvalue weighted by Crippen LogP contribution is 2.16. The molecule has 1 unspecified atom stereocenters. The molecule has 13 heavy (non-hydrogen) atoms. The zero-order chi connectivity index (χ0) is 9.42. The summed E-state index contributed by atoms with van der Waals surface area (Å²) in [5, 5.41) is 5.93. The van der Waals surface area contributed by atoms with E-state index in [1.54, 1.807) is 0 Å². The summed E-state index contributed by atoms with van der Waals surface area (Å²) in [6, 6.07) is 0.199. The summed E-state index contributed by atoms with van der Waals surface area (Å²) in [7, 11) is 0. The second-order valence-electron chi connectivity index (χ2n) is 3.08. The molecule has 4 N–H and O–H groups in total. The molecule has 0 spiro atoms. The number of hydrogen-bond donors (Lipinski definition) is 4. The van der Waals surface area contributed by atoms with E-state index in [4.69, 9.17) is 0 Å². The van der Waals surface area contributed by atoms with Crippen molar-refractivity contribution in [3.63, 3.8) is 0 Å². The first kappa shape index (κ1) is 7.90. The summed E-state index contributed by atoms with van der Waals surface area (Å²) in [5.41, 5.74) is -0.483. The van der Waals surface area contributed by atoms with Crippen molar-refractivity contribution in [3.8, 4) is 0 Å². The van der Waals surface area contributed by atoms with Crippen molar-refractivity contribution in [2.24, 2.45) is 0 Å². The van der Waals surface area contributed by atoms with E-state index in [9.17, 15) is 9.59 Å². The Balaban J connectivity index is 2.60. The van der Waals surface area contributed by atoms with E-state index in [0.717, 1.165) is 0 Å². The summed E-state index contributed by atoms with van der Waals surface area (Å²) >= 11 is 0. The van der Waals surface area contributed by atoms with E-state index in [2.05, 4.69) is 20.6 Å². The van der Waals surface area contributed by atoms with Crippen LogP contribution in [0.3, 0.4) is 0 Å². The van der Waals surface area contributed by atoms with Gasteiger partial charge in [0, 0.05) is 12.6 Å². The Bertz CT molecular complexity index is 433. The first-order chi connectivity index (χ1) is 6.16. The summed E-state index contributed by atoms with van der Waals surface area (Å²) in [6.45, 7) is 2.62. The molecule has 2 rings (SSSR count). The van der Waals surface area contributed by atoms with Gasteiger partial charge in [0.1, 0.15) is 11.5 Å². The average molecular weight is 182 g/mol. The Morgan fingerprint density at radius 3 is 2.85 bits per heavy atom. The Hall–Kier alpha value is -1.72. The van der Waals surface area contributed by atoms with Crippen LogP contribution in [0, 0.1) is 0 Å². The van der Waals surface area contributed by atoms with Gasteiger partial charge in [-0.05, 0) is 6.92 Å². The quantitative estimate of drug-likeness (QED) is 0.426. The summed E-state index contributed by atoms with van der Waals surface area (Å²) in [5.74, 6) is 0.465. The minimum absolute atomic E-state index is 0.199. The molecule has 0 amide bonds. The van der Waals surface area contributed by atoms with Gasteiger partial charge in [-0.15, -0.1) is 0 Å². The minimum atomic E-state index is -0.493. The van der Waals surface area contributed by atoms with Crippen molar-refractivity contribution in [1.29, 1.82) is 0 Å². The molecular weight excluding hydrogens is 172 g/mol. The molecular formula is C7H10N4O2. The van der Waals surface area contributed by atoms with Gasteiger partial charge in [-0.25, -0.2) is 4.79 Å². The Morgan fingerprint density at radius 1 is 1.31 bits per heavy atom. The molecule has 1 atom stereocenters. The highest BCUT2D eigenvalue weighted by atomic mass is 16.2. The van der Waals surface area contributed by atoms with Crippen LogP contribution in [-0.2, 0) is 0 Å². The van der Waals surface area contributed by atoms with Crippen LogP contribution >= 0.6 is 0 Å². The van der Waals surface area contributed by atoms with Crippen molar-refractivity contribution < 1.29 is 0 Å². The van der Waals surface area contributed by atoms with Gasteiger partial charge >= 0.3 is 5.69 Å². The van der Waals surface area contributed by atoms with Gasteiger partial charge in [0.2, 0.25) is 0 Å². The summed E-state index contributed by atoms with van der Waals surface area (Å²) in [6.07, 6.45) is 0. The maximum atomic E-state index is 11.2. The predicted octanol–water partition coefficient (Wildman–Crippen LogP) is -0.711. The van der Waals surface area contributed by atoms with Gasteiger partial charge < -0.3 is 10.6 Å². The summed E-state index contributed by atoms with van der Waals surface area (Å²) in [4.78, 5) is 26.8. The van der Waals surface area contributed by atoms with Crippen molar-refractivity contribution in [2.45, 2.75) is 13.0 Å². The lowest BCUT2D eigenvalue weighted by Crippen LogP contribution is -2.37. The molecule has 1 aliphatic rings. The third kappa shape index (κ3) is 1.30. The normalized spacial score (nSPS) is 19.9. The van der Waals surface area contributed by atoms with Crippen LogP contribution in [0.25, 0.3) is 0 Å². The van der Waals surface area contributed by atoms with Crippen LogP contribution in [0.5, 0.6) is 0 Å². The first-order valence-corrected chi connectivity index (χ1v) is 4.04. The maximum absolute atomic E-state index is 11.2. The zero-order valence-electron chi connectivity index (χ0n) is 7.10. The lowest BCUT2D eigenvalue weighted by molar-refractivity contribution is 0.796.